The first-order chi connectivity index (χ1) is 19.8. The fourth-order valence-electron chi connectivity index (χ4n) is 6.05. The van der Waals surface area contributed by atoms with Crippen LogP contribution < -0.4 is 0 Å². The summed E-state index contributed by atoms with van der Waals surface area (Å²) in [5.74, 6) is 0.757. The van der Waals surface area contributed by atoms with Crippen molar-refractivity contribution < 1.29 is 0 Å². The molecule has 1 aromatic heterocycles. The molecule has 190 valence electrons. The molecule has 7 aromatic rings. The largest absolute Gasteiger partial charge is 0.135 e. The highest BCUT2D eigenvalue weighted by atomic mass is 32.1. The van der Waals surface area contributed by atoms with Gasteiger partial charge in [0.15, 0.2) is 0 Å². The molecule has 40 heavy (non-hydrogen) atoms. The van der Waals surface area contributed by atoms with Crippen LogP contribution in [0.1, 0.15) is 24.3 Å². The van der Waals surface area contributed by atoms with E-state index in [4.69, 9.17) is 0 Å². The van der Waals surface area contributed by atoms with Crippen LogP contribution in [0.3, 0.4) is 0 Å². The molecule has 0 spiro atoms. The van der Waals surface area contributed by atoms with Crippen LogP contribution in [0, 0.1) is 0 Å². The Morgan fingerprint density at radius 3 is 1.80 bits per heavy atom. The van der Waals surface area contributed by atoms with Crippen molar-refractivity contribution >= 4 is 31.5 Å². The first-order valence-electron chi connectivity index (χ1n) is 14.1. The molecule has 1 saturated carbocycles. The van der Waals surface area contributed by atoms with Crippen LogP contribution in [0.4, 0.5) is 0 Å². The first kappa shape index (κ1) is 23.4. The van der Waals surface area contributed by atoms with Crippen molar-refractivity contribution in [3.63, 3.8) is 0 Å². The summed E-state index contributed by atoms with van der Waals surface area (Å²) in [6, 6.07) is 51.4. The maximum Gasteiger partial charge on any atom is 0.0440 e. The van der Waals surface area contributed by atoms with E-state index in [-0.39, 0.29) is 0 Å². The van der Waals surface area contributed by atoms with Gasteiger partial charge in [-0.25, -0.2) is 0 Å². The third-order valence-corrected chi connectivity index (χ3v) is 9.45. The smallest absolute Gasteiger partial charge is 0.0440 e. The van der Waals surface area contributed by atoms with E-state index in [1.54, 1.807) is 0 Å². The predicted molar refractivity (Wildman–Crippen MR) is 173 cm³/mol. The molecule has 6 aromatic carbocycles. The average Bonchev–Trinajstić information content (AvgIpc) is 3.81. The van der Waals surface area contributed by atoms with E-state index in [1.807, 2.05) is 11.3 Å². The molecule has 0 nitrogen and oxygen atoms in total. The SMILES string of the molecule is c1ccc(-c2cccc(-c3ccc(-c4cccc(-c5cccc(C6CC6)c5)c4)c4c3sc3ccccc34)c2)cc1. The molecule has 0 N–H and O–H groups in total. The molecule has 1 fully saturated rings. The quantitative estimate of drug-likeness (QED) is 0.208. The highest BCUT2D eigenvalue weighted by Gasteiger charge is 2.23. The summed E-state index contributed by atoms with van der Waals surface area (Å²) >= 11 is 1.91. The topological polar surface area (TPSA) is 0 Å². The number of benzene rings is 6. The number of rotatable bonds is 5. The number of fused-ring (bicyclic) bond motifs is 3. The zero-order valence-electron chi connectivity index (χ0n) is 22.2. The predicted octanol–water partition coefficient (Wildman–Crippen LogP) is 11.6. The molecule has 1 aliphatic rings. The molecule has 1 heterocycles. The molecule has 1 aliphatic carbocycles. The van der Waals surface area contributed by atoms with E-state index in [1.165, 1.54) is 83.1 Å². The summed E-state index contributed by atoms with van der Waals surface area (Å²) in [7, 11) is 0. The van der Waals surface area contributed by atoms with Gasteiger partial charge in [0, 0.05) is 20.2 Å². The van der Waals surface area contributed by atoms with Gasteiger partial charge in [0.25, 0.3) is 0 Å². The van der Waals surface area contributed by atoms with Crippen LogP contribution in [-0.2, 0) is 0 Å². The fourth-order valence-corrected chi connectivity index (χ4v) is 7.31. The lowest BCUT2D eigenvalue weighted by Crippen LogP contribution is -1.87. The molecular formula is C39H28S. The minimum atomic E-state index is 0.757. The van der Waals surface area contributed by atoms with E-state index < -0.39 is 0 Å². The van der Waals surface area contributed by atoms with E-state index in [9.17, 15) is 0 Å². The zero-order chi connectivity index (χ0) is 26.5. The van der Waals surface area contributed by atoms with Gasteiger partial charge in [0.1, 0.15) is 0 Å². The molecule has 0 unspecified atom stereocenters. The van der Waals surface area contributed by atoms with Crippen LogP contribution in [0.25, 0.3) is 64.7 Å². The maximum atomic E-state index is 2.40. The van der Waals surface area contributed by atoms with Crippen molar-refractivity contribution in [2.24, 2.45) is 0 Å². The van der Waals surface area contributed by atoms with Crippen molar-refractivity contribution in [3.8, 4) is 44.5 Å². The monoisotopic (exact) mass is 528 g/mol. The molecule has 0 bridgehead atoms. The number of thiophene rings is 1. The highest BCUT2D eigenvalue weighted by molar-refractivity contribution is 7.26. The van der Waals surface area contributed by atoms with Crippen molar-refractivity contribution in [1.82, 2.24) is 0 Å². The Bertz CT molecular complexity index is 2010. The summed E-state index contributed by atoms with van der Waals surface area (Å²) in [4.78, 5) is 0. The second-order valence-corrected chi connectivity index (χ2v) is 11.9. The first-order valence-corrected chi connectivity index (χ1v) is 14.9. The van der Waals surface area contributed by atoms with Gasteiger partial charge in [-0.2, -0.15) is 0 Å². The minimum Gasteiger partial charge on any atom is -0.135 e. The van der Waals surface area contributed by atoms with Crippen molar-refractivity contribution in [2.45, 2.75) is 18.8 Å². The standard InChI is InChI=1S/C39H28S/c1-2-9-26(10-3-1)29-12-7-16-33(24-29)35-22-21-34(38-36-17-4-5-18-37(36)40-39(35)38)32-15-8-14-31(25-32)30-13-6-11-28(23-30)27-19-20-27/h1-18,21-25,27H,19-20H2. The van der Waals surface area contributed by atoms with E-state index in [0.717, 1.165) is 5.92 Å². The summed E-state index contributed by atoms with van der Waals surface area (Å²) in [6.45, 7) is 0. The Labute approximate surface area is 239 Å². The van der Waals surface area contributed by atoms with Crippen molar-refractivity contribution in [3.05, 3.63) is 145 Å². The Morgan fingerprint density at radius 1 is 0.450 bits per heavy atom. The maximum absolute atomic E-state index is 2.40. The van der Waals surface area contributed by atoms with Crippen LogP contribution in [0.15, 0.2) is 140 Å². The van der Waals surface area contributed by atoms with Gasteiger partial charge < -0.3 is 0 Å². The van der Waals surface area contributed by atoms with Gasteiger partial charge in [-0.05, 0) is 87.0 Å². The zero-order valence-corrected chi connectivity index (χ0v) is 23.0. The molecule has 0 aliphatic heterocycles. The normalized spacial score (nSPS) is 13.2. The van der Waals surface area contributed by atoms with E-state index in [0.29, 0.717) is 0 Å². The molecule has 8 rings (SSSR count). The van der Waals surface area contributed by atoms with Gasteiger partial charge in [-0.15, -0.1) is 11.3 Å². The second kappa shape index (κ2) is 9.62. The van der Waals surface area contributed by atoms with Crippen molar-refractivity contribution in [2.75, 3.05) is 0 Å². The number of hydrogen-bond donors (Lipinski definition) is 0. The van der Waals surface area contributed by atoms with E-state index >= 15 is 0 Å². The van der Waals surface area contributed by atoms with Crippen LogP contribution in [-0.4, -0.2) is 0 Å². The third-order valence-electron chi connectivity index (χ3n) is 8.25. The second-order valence-electron chi connectivity index (χ2n) is 10.9. The lowest BCUT2D eigenvalue weighted by atomic mass is 9.92. The molecule has 0 saturated heterocycles. The highest BCUT2D eigenvalue weighted by Crippen LogP contribution is 2.46. The minimum absolute atomic E-state index is 0.757. The van der Waals surface area contributed by atoms with Gasteiger partial charge in [-0.3, -0.25) is 0 Å². The number of hydrogen-bond acceptors (Lipinski definition) is 1. The lowest BCUT2D eigenvalue weighted by Gasteiger charge is -2.12. The average molecular weight is 529 g/mol. The van der Waals surface area contributed by atoms with Gasteiger partial charge in [-0.1, -0.05) is 121 Å². The lowest BCUT2D eigenvalue weighted by molar-refractivity contribution is 1.13. The Hall–Kier alpha value is -4.46. The van der Waals surface area contributed by atoms with Crippen LogP contribution in [0.5, 0.6) is 0 Å². The van der Waals surface area contributed by atoms with Gasteiger partial charge in [0.2, 0.25) is 0 Å². The third kappa shape index (κ3) is 4.15. The van der Waals surface area contributed by atoms with Gasteiger partial charge >= 0.3 is 0 Å². The molecule has 0 radical (unpaired) electrons. The van der Waals surface area contributed by atoms with Crippen LogP contribution in [0.2, 0.25) is 0 Å². The fraction of sp³-hybridized carbons (Fsp3) is 0.0769. The summed E-state index contributed by atoms with van der Waals surface area (Å²) < 4.78 is 2.68. The Morgan fingerprint density at radius 2 is 1.02 bits per heavy atom. The Kier molecular flexibility index (Phi) is 5.64. The van der Waals surface area contributed by atoms with E-state index in [2.05, 4.69) is 140 Å². The summed E-state index contributed by atoms with van der Waals surface area (Å²) in [5.41, 5.74) is 11.7. The molecular weight excluding hydrogens is 500 g/mol. The van der Waals surface area contributed by atoms with Crippen molar-refractivity contribution in [1.29, 1.82) is 0 Å². The molecule has 0 amide bonds. The Balaban J connectivity index is 1.30. The molecule has 1 heteroatoms. The molecule has 0 atom stereocenters. The van der Waals surface area contributed by atoms with Gasteiger partial charge in [0.05, 0.1) is 0 Å². The summed E-state index contributed by atoms with van der Waals surface area (Å²) in [6.07, 6.45) is 2.65. The van der Waals surface area contributed by atoms with Crippen LogP contribution >= 0.6 is 11.3 Å². The summed E-state index contributed by atoms with van der Waals surface area (Å²) in [5, 5.41) is 2.69.